The molecule has 1 aromatic carbocycles. The molecule has 2 aromatic rings. The van der Waals surface area contributed by atoms with Crippen LogP contribution in [0.15, 0.2) is 59.5 Å². The van der Waals surface area contributed by atoms with E-state index in [0.717, 1.165) is 26.0 Å². The fourth-order valence-electron chi connectivity index (χ4n) is 1.90. The second-order valence-corrected chi connectivity index (χ2v) is 4.48. The number of hydrogen-bond donors (Lipinski definition) is 0. The van der Waals surface area contributed by atoms with Crippen molar-refractivity contribution in [3.8, 4) is 0 Å². The Hall–Kier alpha value is -1.87. The standard InChI is InChI=1S/C16H19NO2/c18-16-10-4-5-11-17(16)12-6-7-13-19-14-15-8-2-1-3-9-15/h1-5,8-11H,6-7,12-14H2. The summed E-state index contributed by atoms with van der Waals surface area (Å²) in [5.74, 6) is 0. The summed E-state index contributed by atoms with van der Waals surface area (Å²) in [6.07, 6.45) is 3.75. The molecule has 0 atom stereocenters. The highest BCUT2D eigenvalue weighted by Crippen LogP contribution is 2.02. The molecule has 0 aliphatic heterocycles. The van der Waals surface area contributed by atoms with Gasteiger partial charge in [0, 0.05) is 25.4 Å². The Morgan fingerprint density at radius 3 is 2.53 bits per heavy atom. The molecule has 1 heterocycles. The van der Waals surface area contributed by atoms with Gasteiger partial charge in [-0.1, -0.05) is 36.4 Å². The average molecular weight is 257 g/mol. The molecule has 0 amide bonds. The minimum Gasteiger partial charge on any atom is -0.377 e. The third-order valence-corrected chi connectivity index (χ3v) is 2.95. The molecule has 0 saturated heterocycles. The van der Waals surface area contributed by atoms with Gasteiger partial charge in [0.15, 0.2) is 0 Å². The molecule has 0 spiro atoms. The summed E-state index contributed by atoms with van der Waals surface area (Å²) in [4.78, 5) is 11.5. The number of benzene rings is 1. The van der Waals surface area contributed by atoms with Gasteiger partial charge < -0.3 is 9.30 Å². The predicted octanol–water partition coefficient (Wildman–Crippen LogP) is 2.85. The highest BCUT2D eigenvalue weighted by atomic mass is 16.5. The summed E-state index contributed by atoms with van der Waals surface area (Å²) in [7, 11) is 0. The summed E-state index contributed by atoms with van der Waals surface area (Å²) in [6, 6.07) is 15.4. The molecule has 0 unspecified atom stereocenters. The van der Waals surface area contributed by atoms with Crippen molar-refractivity contribution in [1.82, 2.24) is 4.57 Å². The molecule has 0 aliphatic carbocycles. The van der Waals surface area contributed by atoms with Crippen LogP contribution in [0, 0.1) is 0 Å². The van der Waals surface area contributed by atoms with Crippen molar-refractivity contribution >= 4 is 0 Å². The first-order valence-corrected chi connectivity index (χ1v) is 6.63. The molecule has 19 heavy (non-hydrogen) atoms. The Balaban J connectivity index is 1.60. The average Bonchev–Trinajstić information content (AvgIpc) is 2.45. The van der Waals surface area contributed by atoms with Crippen molar-refractivity contribution in [2.24, 2.45) is 0 Å². The Kier molecular flexibility index (Phi) is 5.38. The summed E-state index contributed by atoms with van der Waals surface area (Å²) in [5, 5.41) is 0. The molecule has 0 bridgehead atoms. The van der Waals surface area contributed by atoms with Crippen LogP contribution in [0.25, 0.3) is 0 Å². The van der Waals surface area contributed by atoms with Gasteiger partial charge in [0.1, 0.15) is 0 Å². The summed E-state index contributed by atoms with van der Waals surface area (Å²) < 4.78 is 7.33. The number of pyridine rings is 1. The molecule has 1 aromatic heterocycles. The third-order valence-electron chi connectivity index (χ3n) is 2.95. The molecule has 0 fully saturated rings. The van der Waals surface area contributed by atoms with Gasteiger partial charge in [-0.05, 0) is 24.5 Å². The van der Waals surface area contributed by atoms with Gasteiger partial charge >= 0.3 is 0 Å². The van der Waals surface area contributed by atoms with Crippen LogP contribution < -0.4 is 5.56 Å². The fourth-order valence-corrected chi connectivity index (χ4v) is 1.90. The maximum Gasteiger partial charge on any atom is 0.250 e. The Labute approximate surface area is 113 Å². The quantitative estimate of drug-likeness (QED) is 0.714. The molecule has 0 saturated carbocycles. The van der Waals surface area contributed by atoms with E-state index in [4.69, 9.17) is 4.74 Å². The zero-order chi connectivity index (χ0) is 13.3. The van der Waals surface area contributed by atoms with Crippen LogP contribution in [-0.4, -0.2) is 11.2 Å². The van der Waals surface area contributed by atoms with E-state index in [1.807, 2.05) is 30.5 Å². The minimum atomic E-state index is 0.0627. The van der Waals surface area contributed by atoms with E-state index < -0.39 is 0 Å². The first kappa shape index (κ1) is 13.6. The molecule has 0 radical (unpaired) electrons. The fraction of sp³-hybridized carbons (Fsp3) is 0.312. The first-order chi connectivity index (χ1) is 9.36. The van der Waals surface area contributed by atoms with Gasteiger partial charge in [-0.15, -0.1) is 0 Å². The maximum atomic E-state index is 11.5. The second kappa shape index (κ2) is 7.54. The van der Waals surface area contributed by atoms with Gasteiger partial charge in [-0.3, -0.25) is 4.79 Å². The minimum absolute atomic E-state index is 0.0627. The highest BCUT2D eigenvalue weighted by molar-refractivity contribution is 5.13. The lowest BCUT2D eigenvalue weighted by Gasteiger charge is -2.06. The van der Waals surface area contributed by atoms with E-state index in [2.05, 4.69) is 12.1 Å². The van der Waals surface area contributed by atoms with Crippen LogP contribution in [0.4, 0.5) is 0 Å². The molecular formula is C16H19NO2. The maximum absolute atomic E-state index is 11.5. The molecule has 2 rings (SSSR count). The Morgan fingerprint density at radius 1 is 0.947 bits per heavy atom. The predicted molar refractivity (Wildman–Crippen MR) is 76.0 cm³/mol. The van der Waals surface area contributed by atoms with Gasteiger partial charge in [-0.2, -0.15) is 0 Å². The topological polar surface area (TPSA) is 31.2 Å². The van der Waals surface area contributed by atoms with Gasteiger partial charge in [0.25, 0.3) is 0 Å². The lowest BCUT2D eigenvalue weighted by Crippen LogP contribution is -2.17. The van der Waals surface area contributed by atoms with Crippen molar-refractivity contribution in [2.75, 3.05) is 6.61 Å². The molecule has 0 N–H and O–H groups in total. The summed E-state index contributed by atoms with van der Waals surface area (Å²) in [5.41, 5.74) is 1.26. The first-order valence-electron chi connectivity index (χ1n) is 6.63. The number of aromatic nitrogens is 1. The van der Waals surface area contributed by atoms with Crippen molar-refractivity contribution in [2.45, 2.75) is 26.0 Å². The number of hydrogen-bond acceptors (Lipinski definition) is 2. The van der Waals surface area contributed by atoms with Crippen molar-refractivity contribution < 1.29 is 4.74 Å². The van der Waals surface area contributed by atoms with Crippen LogP contribution in [0.2, 0.25) is 0 Å². The SMILES string of the molecule is O=c1ccccn1CCCCOCc1ccccc1. The summed E-state index contributed by atoms with van der Waals surface area (Å²) in [6.45, 7) is 2.15. The van der Waals surface area contributed by atoms with Crippen LogP contribution in [0.3, 0.4) is 0 Å². The molecule has 100 valence electrons. The van der Waals surface area contributed by atoms with Crippen molar-refractivity contribution in [3.05, 3.63) is 70.6 Å². The Bertz CT molecular complexity index is 534. The van der Waals surface area contributed by atoms with Crippen molar-refractivity contribution in [1.29, 1.82) is 0 Å². The number of nitrogens with zero attached hydrogens (tertiary/aromatic N) is 1. The number of rotatable bonds is 7. The van der Waals surface area contributed by atoms with Gasteiger partial charge in [0.2, 0.25) is 5.56 Å². The normalized spacial score (nSPS) is 10.5. The van der Waals surface area contributed by atoms with E-state index in [9.17, 15) is 4.79 Å². The number of aryl methyl sites for hydroxylation is 1. The highest BCUT2D eigenvalue weighted by Gasteiger charge is 1.95. The van der Waals surface area contributed by atoms with Crippen LogP contribution >= 0.6 is 0 Å². The van der Waals surface area contributed by atoms with E-state index in [1.54, 1.807) is 16.7 Å². The monoisotopic (exact) mass is 257 g/mol. The van der Waals surface area contributed by atoms with Crippen LogP contribution in [0.1, 0.15) is 18.4 Å². The lowest BCUT2D eigenvalue weighted by molar-refractivity contribution is 0.116. The number of unbranched alkanes of at least 4 members (excludes halogenated alkanes) is 1. The zero-order valence-corrected chi connectivity index (χ0v) is 11.0. The zero-order valence-electron chi connectivity index (χ0n) is 11.0. The molecule has 3 heteroatoms. The molecule has 3 nitrogen and oxygen atoms in total. The smallest absolute Gasteiger partial charge is 0.250 e. The van der Waals surface area contributed by atoms with Crippen molar-refractivity contribution in [3.63, 3.8) is 0 Å². The van der Waals surface area contributed by atoms with E-state index in [1.165, 1.54) is 5.56 Å². The second-order valence-electron chi connectivity index (χ2n) is 4.48. The Morgan fingerprint density at radius 2 is 1.74 bits per heavy atom. The largest absolute Gasteiger partial charge is 0.377 e. The van der Waals surface area contributed by atoms with E-state index in [-0.39, 0.29) is 5.56 Å². The van der Waals surface area contributed by atoms with Crippen LogP contribution in [0.5, 0.6) is 0 Å². The van der Waals surface area contributed by atoms with E-state index >= 15 is 0 Å². The summed E-state index contributed by atoms with van der Waals surface area (Å²) >= 11 is 0. The van der Waals surface area contributed by atoms with Gasteiger partial charge in [-0.25, -0.2) is 0 Å². The lowest BCUT2D eigenvalue weighted by atomic mass is 10.2. The van der Waals surface area contributed by atoms with E-state index in [0.29, 0.717) is 6.61 Å². The van der Waals surface area contributed by atoms with Crippen LogP contribution in [-0.2, 0) is 17.9 Å². The molecule has 0 aliphatic rings. The third kappa shape index (κ3) is 4.72. The van der Waals surface area contributed by atoms with Gasteiger partial charge in [0.05, 0.1) is 6.61 Å². The molecular weight excluding hydrogens is 238 g/mol. The number of ether oxygens (including phenoxy) is 1.